The second-order valence-corrected chi connectivity index (χ2v) is 6.51. The highest BCUT2D eigenvalue weighted by Gasteiger charge is 2.25. The van der Waals surface area contributed by atoms with Crippen molar-refractivity contribution in [3.63, 3.8) is 0 Å². The molecule has 6 nitrogen and oxygen atoms in total. The van der Waals surface area contributed by atoms with Crippen molar-refractivity contribution in [3.8, 4) is 22.9 Å². The van der Waals surface area contributed by atoms with Crippen LogP contribution >= 0.6 is 0 Å². The van der Waals surface area contributed by atoms with E-state index in [1.807, 2.05) is 55.6 Å². The van der Waals surface area contributed by atoms with E-state index < -0.39 is 0 Å². The third-order valence-electron chi connectivity index (χ3n) is 4.64. The summed E-state index contributed by atoms with van der Waals surface area (Å²) < 4.78 is 13.4. The lowest BCUT2D eigenvalue weighted by Gasteiger charge is -2.34. The molecule has 1 aromatic heterocycles. The topological polar surface area (TPSA) is 52.4 Å². The van der Waals surface area contributed by atoms with Gasteiger partial charge in [-0.1, -0.05) is 30.3 Å². The fourth-order valence-electron chi connectivity index (χ4n) is 3.29. The Bertz CT molecular complexity index is 907. The molecule has 0 bridgehead atoms. The van der Waals surface area contributed by atoms with E-state index in [-0.39, 0.29) is 6.10 Å². The smallest absolute Gasteiger partial charge is 0.163 e. The van der Waals surface area contributed by atoms with Gasteiger partial charge in [-0.15, -0.1) is 10.2 Å². The zero-order valence-electron chi connectivity index (χ0n) is 15.2. The van der Waals surface area contributed by atoms with Gasteiger partial charge in [0.15, 0.2) is 11.6 Å². The van der Waals surface area contributed by atoms with Crippen LogP contribution in [-0.2, 0) is 13.6 Å². The minimum atomic E-state index is 0.109. The first-order valence-electron chi connectivity index (χ1n) is 8.69. The quantitative estimate of drug-likeness (QED) is 0.723. The summed E-state index contributed by atoms with van der Waals surface area (Å²) in [6.07, 6.45) is 0.109. The number of aromatic nitrogens is 3. The summed E-state index contributed by atoms with van der Waals surface area (Å²) in [4.78, 5) is 2.27. The largest absolute Gasteiger partial charge is 0.497 e. The maximum atomic E-state index is 5.96. The lowest BCUT2D eigenvalue weighted by Crippen LogP contribution is -2.38. The van der Waals surface area contributed by atoms with Gasteiger partial charge in [-0.2, -0.15) is 0 Å². The Morgan fingerprint density at radius 3 is 2.73 bits per heavy atom. The van der Waals surface area contributed by atoms with E-state index in [1.165, 1.54) is 0 Å². The molecular formula is C20H22N4O2. The van der Waals surface area contributed by atoms with Gasteiger partial charge >= 0.3 is 0 Å². The highest BCUT2D eigenvalue weighted by molar-refractivity contribution is 5.63. The normalized spacial score (nSPS) is 16.1. The van der Waals surface area contributed by atoms with E-state index in [9.17, 15) is 0 Å². The number of rotatable bonds is 4. The van der Waals surface area contributed by atoms with Crippen LogP contribution in [0, 0.1) is 0 Å². The average molecular weight is 350 g/mol. The first-order chi connectivity index (χ1) is 12.7. The van der Waals surface area contributed by atoms with Gasteiger partial charge in [0, 0.05) is 18.7 Å². The SMILES string of the molecule is COc1ccc2c(c1)N(Cc1nnc(-c3ccccc3)n1C)C[C@H](C)O2. The summed E-state index contributed by atoms with van der Waals surface area (Å²) in [5, 5.41) is 8.82. The van der Waals surface area contributed by atoms with Gasteiger partial charge in [0.05, 0.1) is 25.9 Å². The summed E-state index contributed by atoms with van der Waals surface area (Å²) in [7, 11) is 3.68. The lowest BCUT2D eigenvalue weighted by atomic mass is 10.2. The Balaban J connectivity index is 1.65. The molecule has 4 rings (SSSR count). The van der Waals surface area contributed by atoms with Gasteiger partial charge in [-0.05, 0) is 19.1 Å². The van der Waals surface area contributed by atoms with Crippen LogP contribution < -0.4 is 14.4 Å². The molecule has 0 saturated carbocycles. The summed E-state index contributed by atoms with van der Waals surface area (Å²) in [6.45, 7) is 3.52. The van der Waals surface area contributed by atoms with Crippen LogP contribution in [0.5, 0.6) is 11.5 Å². The van der Waals surface area contributed by atoms with E-state index in [0.29, 0.717) is 6.54 Å². The van der Waals surface area contributed by atoms with Gasteiger partial charge in [0.1, 0.15) is 17.6 Å². The molecule has 134 valence electrons. The number of fused-ring (bicyclic) bond motifs is 1. The predicted molar refractivity (Wildman–Crippen MR) is 101 cm³/mol. The Labute approximate surface area is 153 Å². The second-order valence-electron chi connectivity index (χ2n) is 6.51. The van der Waals surface area contributed by atoms with Crippen molar-refractivity contribution < 1.29 is 9.47 Å². The van der Waals surface area contributed by atoms with Crippen LogP contribution in [0.1, 0.15) is 12.7 Å². The van der Waals surface area contributed by atoms with Crippen LogP contribution in [-0.4, -0.2) is 34.5 Å². The number of benzene rings is 2. The van der Waals surface area contributed by atoms with Crippen LogP contribution in [0.3, 0.4) is 0 Å². The Kier molecular flexibility index (Phi) is 4.24. The Hall–Kier alpha value is -3.02. The number of nitrogens with zero attached hydrogens (tertiary/aromatic N) is 4. The fourth-order valence-corrected chi connectivity index (χ4v) is 3.29. The molecule has 1 atom stereocenters. The average Bonchev–Trinajstić information content (AvgIpc) is 3.02. The van der Waals surface area contributed by atoms with E-state index in [1.54, 1.807) is 7.11 Å². The molecule has 0 spiro atoms. The van der Waals surface area contributed by atoms with Crippen molar-refractivity contribution in [1.29, 1.82) is 0 Å². The maximum absolute atomic E-state index is 5.96. The highest BCUT2D eigenvalue weighted by atomic mass is 16.5. The zero-order chi connectivity index (χ0) is 18.1. The zero-order valence-corrected chi connectivity index (χ0v) is 15.2. The summed E-state index contributed by atoms with van der Waals surface area (Å²) in [5.74, 6) is 3.46. The fraction of sp³-hybridized carbons (Fsp3) is 0.300. The summed E-state index contributed by atoms with van der Waals surface area (Å²) in [6, 6.07) is 16.0. The van der Waals surface area contributed by atoms with Crippen molar-refractivity contribution >= 4 is 5.69 Å². The monoisotopic (exact) mass is 350 g/mol. The molecule has 0 saturated heterocycles. The maximum Gasteiger partial charge on any atom is 0.163 e. The molecule has 0 unspecified atom stereocenters. The molecule has 1 aliphatic rings. The van der Waals surface area contributed by atoms with E-state index in [4.69, 9.17) is 9.47 Å². The lowest BCUT2D eigenvalue weighted by molar-refractivity contribution is 0.211. The summed E-state index contributed by atoms with van der Waals surface area (Å²) >= 11 is 0. The van der Waals surface area contributed by atoms with Crippen LogP contribution in [0.4, 0.5) is 5.69 Å². The first kappa shape index (κ1) is 16.4. The Morgan fingerprint density at radius 1 is 1.15 bits per heavy atom. The van der Waals surface area contributed by atoms with Crippen molar-refractivity contribution in [3.05, 3.63) is 54.4 Å². The number of hydrogen-bond acceptors (Lipinski definition) is 5. The van der Waals surface area contributed by atoms with Gasteiger partial charge in [0.25, 0.3) is 0 Å². The number of anilines is 1. The molecule has 0 radical (unpaired) electrons. The molecule has 0 amide bonds. The minimum absolute atomic E-state index is 0.109. The van der Waals surface area contributed by atoms with Gasteiger partial charge in [0.2, 0.25) is 0 Å². The van der Waals surface area contributed by atoms with E-state index >= 15 is 0 Å². The van der Waals surface area contributed by atoms with Gasteiger partial charge < -0.3 is 18.9 Å². The van der Waals surface area contributed by atoms with Crippen molar-refractivity contribution in [1.82, 2.24) is 14.8 Å². The third kappa shape index (κ3) is 2.98. The van der Waals surface area contributed by atoms with Crippen molar-refractivity contribution in [2.45, 2.75) is 19.6 Å². The van der Waals surface area contributed by atoms with Gasteiger partial charge in [-0.25, -0.2) is 0 Å². The molecule has 3 aromatic rings. The van der Waals surface area contributed by atoms with Crippen LogP contribution in [0.25, 0.3) is 11.4 Å². The highest BCUT2D eigenvalue weighted by Crippen LogP contribution is 2.37. The van der Waals surface area contributed by atoms with Gasteiger partial charge in [-0.3, -0.25) is 0 Å². The van der Waals surface area contributed by atoms with E-state index in [0.717, 1.165) is 40.9 Å². The van der Waals surface area contributed by atoms with Crippen molar-refractivity contribution in [2.75, 3.05) is 18.6 Å². The second kappa shape index (κ2) is 6.71. The molecule has 2 heterocycles. The molecule has 26 heavy (non-hydrogen) atoms. The molecule has 0 N–H and O–H groups in total. The van der Waals surface area contributed by atoms with Crippen LogP contribution in [0.2, 0.25) is 0 Å². The molecule has 0 aliphatic carbocycles. The number of methoxy groups -OCH3 is 1. The van der Waals surface area contributed by atoms with Crippen LogP contribution in [0.15, 0.2) is 48.5 Å². The number of ether oxygens (including phenoxy) is 2. The molecule has 0 fully saturated rings. The van der Waals surface area contributed by atoms with E-state index in [2.05, 4.69) is 26.6 Å². The number of hydrogen-bond donors (Lipinski definition) is 0. The third-order valence-corrected chi connectivity index (χ3v) is 4.64. The standard InChI is InChI=1S/C20H22N4O2/c1-14-12-24(17-11-16(25-3)9-10-18(17)26-14)13-19-21-22-20(23(19)2)15-7-5-4-6-8-15/h4-11,14H,12-13H2,1-3H3/t14-/m0/s1. The molecule has 2 aromatic carbocycles. The molecule has 1 aliphatic heterocycles. The Morgan fingerprint density at radius 2 is 1.96 bits per heavy atom. The van der Waals surface area contributed by atoms with Crippen molar-refractivity contribution in [2.24, 2.45) is 7.05 Å². The first-order valence-corrected chi connectivity index (χ1v) is 8.69. The molecular weight excluding hydrogens is 328 g/mol. The predicted octanol–water partition coefficient (Wildman–Crippen LogP) is 3.28. The minimum Gasteiger partial charge on any atom is -0.497 e. The summed E-state index contributed by atoms with van der Waals surface area (Å²) in [5.41, 5.74) is 2.08. The molecule has 6 heteroatoms.